The number of nitrogens with zero attached hydrogens (tertiary/aromatic N) is 1. The van der Waals surface area contributed by atoms with Gasteiger partial charge in [0.15, 0.2) is 0 Å². The molecule has 4 rings (SSSR count). The molecule has 0 saturated carbocycles. The molecule has 168 valence electrons. The van der Waals surface area contributed by atoms with Crippen LogP contribution in [0.5, 0.6) is 0 Å². The summed E-state index contributed by atoms with van der Waals surface area (Å²) in [6.45, 7) is 0. The Morgan fingerprint density at radius 3 is 2.45 bits per heavy atom. The van der Waals surface area contributed by atoms with Gasteiger partial charge >= 0.3 is 0 Å². The summed E-state index contributed by atoms with van der Waals surface area (Å²) in [6, 6.07) is 19.5. The Morgan fingerprint density at radius 1 is 0.970 bits per heavy atom. The van der Waals surface area contributed by atoms with E-state index in [9.17, 15) is 18.4 Å². The second kappa shape index (κ2) is 10.0. The van der Waals surface area contributed by atoms with Gasteiger partial charge < -0.3 is 15.5 Å². The number of nitrogens with one attached hydrogen (secondary N) is 2. The molecule has 0 aromatic heterocycles. The van der Waals surface area contributed by atoms with E-state index in [4.69, 9.17) is 4.84 Å². The Kier molecular flexibility index (Phi) is 6.73. The molecular weight excluding hydrogens is 428 g/mol. The molecule has 0 saturated heterocycles. The van der Waals surface area contributed by atoms with E-state index in [1.807, 2.05) is 30.3 Å². The highest BCUT2D eigenvalue weighted by atomic mass is 19.1. The normalized spacial score (nSPS) is 15.8. The van der Waals surface area contributed by atoms with E-state index >= 15 is 0 Å². The Morgan fingerprint density at radius 2 is 1.73 bits per heavy atom. The minimum absolute atomic E-state index is 0.146. The van der Waals surface area contributed by atoms with Gasteiger partial charge in [0.1, 0.15) is 17.7 Å². The Labute approximate surface area is 189 Å². The molecule has 1 aliphatic rings. The predicted molar refractivity (Wildman–Crippen MR) is 120 cm³/mol. The topological polar surface area (TPSA) is 79.8 Å². The van der Waals surface area contributed by atoms with Crippen LogP contribution in [0.4, 0.5) is 14.5 Å². The number of halogens is 2. The van der Waals surface area contributed by atoms with Crippen LogP contribution < -0.4 is 10.6 Å². The van der Waals surface area contributed by atoms with Crippen molar-refractivity contribution >= 4 is 23.2 Å². The van der Waals surface area contributed by atoms with Crippen LogP contribution in [0.25, 0.3) is 0 Å². The first-order valence-corrected chi connectivity index (χ1v) is 10.4. The van der Waals surface area contributed by atoms with Gasteiger partial charge in [0.2, 0.25) is 12.0 Å². The largest absolute Gasteiger partial charge is 0.382 e. The van der Waals surface area contributed by atoms with Crippen molar-refractivity contribution in [1.82, 2.24) is 5.32 Å². The number of benzene rings is 3. The van der Waals surface area contributed by atoms with E-state index in [1.165, 1.54) is 36.4 Å². The molecule has 0 bridgehead atoms. The maximum absolute atomic E-state index is 13.5. The van der Waals surface area contributed by atoms with Crippen LogP contribution in [0.2, 0.25) is 0 Å². The number of rotatable bonds is 7. The van der Waals surface area contributed by atoms with Crippen molar-refractivity contribution in [2.75, 3.05) is 5.32 Å². The van der Waals surface area contributed by atoms with E-state index in [-0.39, 0.29) is 12.8 Å². The first kappa shape index (κ1) is 22.1. The third kappa shape index (κ3) is 5.79. The van der Waals surface area contributed by atoms with Crippen LogP contribution in [0, 0.1) is 11.6 Å². The third-order valence-corrected chi connectivity index (χ3v) is 5.15. The van der Waals surface area contributed by atoms with Crippen molar-refractivity contribution in [3.05, 3.63) is 102 Å². The Bertz CT molecular complexity index is 1170. The summed E-state index contributed by atoms with van der Waals surface area (Å²) in [5.74, 6) is -1.80. The van der Waals surface area contributed by atoms with E-state index in [0.717, 1.165) is 5.56 Å². The summed E-state index contributed by atoms with van der Waals surface area (Å²) in [5.41, 5.74) is 2.23. The Balaban J connectivity index is 1.44. The van der Waals surface area contributed by atoms with Crippen LogP contribution in [0.15, 0.2) is 84.0 Å². The number of carbonyl (C=O) groups is 2. The lowest BCUT2D eigenvalue weighted by Gasteiger charge is -2.20. The molecule has 8 heteroatoms. The summed E-state index contributed by atoms with van der Waals surface area (Å²) in [4.78, 5) is 31.1. The van der Waals surface area contributed by atoms with Crippen LogP contribution >= 0.6 is 0 Å². The molecule has 1 heterocycles. The highest BCUT2D eigenvalue weighted by molar-refractivity contribution is 6.05. The lowest BCUT2D eigenvalue weighted by Crippen LogP contribution is -2.48. The second-order valence-electron chi connectivity index (χ2n) is 7.59. The number of hydrogen-bond donors (Lipinski definition) is 2. The van der Waals surface area contributed by atoms with Crippen molar-refractivity contribution in [3.63, 3.8) is 0 Å². The van der Waals surface area contributed by atoms with Crippen LogP contribution in [0.1, 0.15) is 17.5 Å². The van der Waals surface area contributed by atoms with Crippen molar-refractivity contribution < 1.29 is 23.2 Å². The van der Waals surface area contributed by atoms with Crippen molar-refractivity contribution in [1.29, 1.82) is 0 Å². The monoisotopic (exact) mass is 449 g/mol. The summed E-state index contributed by atoms with van der Waals surface area (Å²) in [6.07, 6.45) is -0.559. The highest BCUT2D eigenvalue weighted by Gasteiger charge is 2.32. The van der Waals surface area contributed by atoms with E-state index in [2.05, 4.69) is 15.8 Å². The van der Waals surface area contributed by atoms with Crippen molar-refractivity contribution in [2.45, 2.75) is 25.0 Å². The minimum atomic E-state index is -0.944. The van der Waals surface area contributed by atoms with Gasteiger partial charge in [-0.1, -0.05) is 47.6 Å². The molecule has 3 aromatic carbocycles. The zero-order valence-electron chi connectivity index (χ0n) is 17.5. The fraction of sp³-hybridized carbons (Fsp3) is 0.160. The van der Waals surface area contributed by atoms with Gasteiger partial charge in [-0.05, 0) is 42.0 Å². The summed E-state index contributed by atoms with van der Waals surface area (Å²) < 4.78 is 26.7. The van der Waals surface area contributed by atoms with Crippen molar-refractivity contribution in [3.8, 4) is 0 Å². The number of carbonyl (C=O) groups excluding carboxylic acids is 2. The lowest BCUT2D eigenvalue weighted by molar-refractivity contribution is -0.134. The van der Waals surface area contributed by atoms with Crippen LogP contribution in [-0.4, -0.2) is 29.7 Å². The molecule has 1 aliphatic heterocycles. The van der Waals surface area contributed by atoms with Gasteiger partial charge in [0.05, 0.1) is 5.71 Å². The zero-order chi connectivity index (χ0) is 23.2. The first-order chi connectivity index (χ1) is 16.0. The molecule has 2 unspecified atom stereocenters. The van der Waals surface area contributed by atoms with Gasteiger partial charge in [-0.2, -0.15) is 0 Å². The van der Waals surface area contributed by atoms with Crippen LogP contribution in [-0.2, 0) is 20.8 Å². The van der Waals surface area contributed by atoms with E-state index in [0.29, 0.717) is 17.0 Å². The molecule has 2 atom stereocenters. The van der Waals surface area contributed by atoms with Crippen LogP contribution in [0.3, 0.4) is 0 Å². The van der Waals surface area contributed by atoms with Gasteiger partial charge in [-0.3, -0.25) is 9.59 Å². The average molecular weight is 449 g/mol. The zero-order valence-corrected chi connectivity index (χ0v) is 17.5. The molecule has 6 nitrogen and oxygen atoms in total. The smallest absolute Gasteiger partial charge is 0.265 e. The number of oxime groups is 1. The van der Waals surface area contributed by atoms with Crippen molar-refractivity contribution in [2.24, 2.45) is 5.16 Å². The van der Waals surface area contributed by atoms with Gasteiger partial charge in [-0.25, -0.2) is 8.78 Å². The quantitative estimate of drug-likeness (QED) is 0.576. The Hall–Kier alpha value is -4.07. The number of amides is 2. The molecule has 0 spiro atoms. The second-order valence-corrected chi connectivity index (χ2v) is 7.59. The first-order valence-electron chi connectivity index (χ1n) is 10.4. The molecule has 2 N–H and O–H groups in total. The lowest BCUT2D eigenvalue weighted by atomic mass is 10.0. The van der Waals surface area contributed by atoms with Gasteiger partial charge in [0, 0.05) is 24.1 Å². The van der Waals surface area contributed by atoms with Gasteiger partial charge in [0.25, 0.3) is 5.91 Å². The summed E-state index contributed by atoms with van der Waals surface area (Å²) in [7, 11) is 0. The molecule has 0 aliphatic carbocycles. The number of hydrogen-bond acceptors (Lipinski definition) is 4. The maximum Gasteiger partial charge on any atom is 0.265 e. The molecule has 33 heavy (non-hydrogen) atoms. The molecule has 2 amide bonds. The standard InChI is InChI=1S/C25H21F2N3O3/c26-18-9-11-20(12-10-18)28-24(31)22(13-16-5-2-1-3-6-16)29-25(32)23-15-21(30-33-23)17-7-4-8-19(27)14-17/h1-12,14,22-23H,13,15H2,(H,28,31)(H,29,32). The van der Waals surface area contributed by atoms with E-state index in [1.54, 1.807) is 12.1 Å². The molecule has 0 fully saturated rings. The average Bonchev–Trinajstić information content (AvgIpc) is 3.31. The number of anilines is 1. The summed E-state index contributed by atoms with van der Waals surface area (Å²) in [5, 5.41) is 9.33. The predicted octanol–water partition coefficient (Wildman–Crippen LogP) is 3.82. The third-order valence-electron chi connectivity index (χ3n) is 5.15. The minimum Gasteiger partial charge on any atom is -0.382 e. The summed E-state index contributed by atoms with van der Waals surface area (Å²) >= 11 is 0. The molecular formula is C25H21F2N3O3. The van der Waals surface area contributed by atoms with E-state index < -0.39 is 35.6 Å². The fourth-order valence-corrected chi connectivity index (χ4v) is 3.44. The molecule has 3 aromatic rings. The van der Waals surface area contributed by atoms with Gasteiger partial charge in [-0.15, -0.1) is 0 Å². The maximum atomic E-state index is 13.5. The highest BCUT2D eigenvalue weighted by Crippen LogP contribution is 2.18. The molecule has 0 radical (unpaired) electrons. The SMILES string of the molecule is O=C(Nc1ccc(F)cc1)C(Cc1ccccc1)NC(=O)C1CC(c2cccc(F)c2)=NO1. The fourth-order valence-electron chi connectivity index (χ4n) is 3.44.